The van der Waals surface area contributed by atoms with Crippen LogP contribution >= 0.6 is 0 Å². The maximum atomic E-state index is 4.15. The molecule has 1 saturated heterocycles. The topological polar surface area (TPSA) is 24.1 Å². The van der Waals surface area contributed by atoms with E-state index in [-0.39, 0.29) is 7.43 Å². The van der Waals surface area contributed by atoms with Crippen molar-refractivity contribution in [3.05, 3.63) is 42.0 Å². The van der Waals surface area contributed by atoms with Crippen LogP contribution in [-0.4, -0.2) is 19.1 Å². The second kappa shape index (κ2) is 6.45. The average molecular weight is 232 g/mol. The van der Waals surface area contributed by atoms with Crippen LogP contribution in [0.1, 0.15) is 31.4 Å². The van der Waals surface area contributed by atoms with E-state index < -0.39 is 0 Å². The van der Waals surface area contributed by atoms with Crippen molar-refractivity contribution in [2.24, 2.45) is 0 Å². The Kier molecular flexibility index (Phi) is 5.23. The standard InChI is InChI=1S/C14H20N2.CH4/c1-11-5-3-4-6-14(11)12(2)16-13-7-9-15-10-8-13;/h3-6,13,15-16H,2,7-10H2,1H3;1H4. The van der Waals surface area contributed by atoms with Crippen LogP contribution in [0, 0.1) is 6.92 Å². The van der Waals surface area contributed by atoms with Gasteiger partial charge in [-0.15, -0.1) is 0 Å². The smallest absolute Gasteiger partial charge is 0.0345 e. The first-order chi connectivity index (χ1) is 7.77. The van der Waals surface area contributed by atoms with Gasteiger partial charge in [-0.25, -0.2) is 0 Å². The van der Waals surface area contributed by atoms with E-state index in [0.717, 1.165) is 18.8 Å². The van der Waals surface area contributed by atoms with Gasteiger partial charge in [-0.3, -0.25) is 0 Å². The molecule has 0 radical (unpaired) electrons. The monoisotopic (exact) mass is 232 g/mol. The summed E-state index contributed by atoms with van der Waals surface area (Å²) in [5.74, 6) is 0. The molecule has 0 bridgehead atoms. The van der Waals surface area contributed by atoms with Gasteiger partial charge >= 0.3 is 0 Å². The Balaban J connectivity index is 0.00000144. The van der Waals surface area contributed by atoms with Crippen molar-refractivity contribution in [3.63, 3.8) is 0 Å². The molecule has 0 amide bonds. The van der Waals surface area contributed by atoms with Crippen LogP contribution in [0.5, 0.6) is 0 Å². The Labute approximate surface area is 105 Å². The summed E-state index contributed by atoms with van der Waals surface area (Å²) >= 11 is 0. The largest absolute Gasteiger partial charge is 0.382 e. The van der Waals surface area contributed by atoms with Crippen molar-refractivity contribution in [1.29, 1.82) is 0 Å². The number of hydrogen-bond donors (Lipinski definition) is 2. The summed E-state index contributed by atoms with van der Waals surface area (Å²) < 4.78 is 0. The molecule has 2 N–H and O–H groups in total. The molecule has 0 unspecified atom stereocenters. The fourth-order valence-corrected chi connectivity index (χ4v) is 2.20. The van der Waals surface area contributed by atoms with Crippen molar-refractivity contribution in [2.75, 3.05) is 13.1 Å². The fraction of sp³-hybridized carbons (Fsp3) is 0.467. The minimum absolute atomic E-state index is 0. The van der Waals surface area contributed by atoms with Gasteiger partial charge in [-0.05, 0) is 44.0 Å². The molecule has 0 atom stereocenters. The Morgan fingerprint density at radius 3 is 2.59 bits per heavy atom. The summed E-state index contributed by atoms with van der Waals surface area (Å²) in [6, 6.07) is 8.97. The lowest BCUT2D eigenvalue weighted by atomic mass is 10.0. The second-order valence-electron chi connectivity index (χ2n) is 4.46. The Bertz CT molecular complexity index is 365. The van der Waals surface area contributed by atoms with Gasteiger partial charge in [0.05, 0.1) is 0 Å². The van der Waals surface area contributed by atoms with Crippen LogP contribution in [0.2, 0.25) is 0 Å². The highest BCUT2D eigenvalue weighted by Crippen LogP contribution is 2.16. The summed E-state index contributed by atoms with van der Waals surface area (Å²) in [7, 11) is 0. The third kappa shape index (κ3) is 3.60. The molecule has 1 heterocycles. The van der Waals surface area contributed by atoms with Crippen molar-refractivity contribution < 1.29 is 0 Å². The molecule has 0 spiro atoms. The first-order valence-corrected chi connectivity index (χ1v) is 5.99. The Morgan fingerprint density at radius 1 is 1.29 bits per heavy atom. The maximum Gasteiger partial charge on any atom is 0.0345 e. The quantitative estimate of drug-likeness (QED) is 0.837. The van der Waals surface area contributed by atoms with E-state index in [0.29, 0.717) is 6.04 Å². The summed E-state index contributed by atoms with van der Waals surface area (Å²) in [4.78, 5) is 0. The number of rotatable bonds is 3. The number of piperidine rings is 1. The van der Waals surface area contributed by atoms with Gasteiger partial charge in [0.25, 0.3) is 0 Å². The summed E-state index contributed by atoms with van der Waals surface area (Å²) in [5.41, 5.74) is 3.58. The molecule has 1 aromatic rings. The normalized spacial score (nSPS) is 16.1. The fourth-order valence-electron chi connectivity index (χ4n) is 2.20. The minimum atomic E-state index is 0. The van der Waals surface area contributed by atoms with Gasteiger partial charge in [0.1, 0.15) is 0 Å². The van der Waals surface area contributed by atoms with E-state index >= 15 is 0 Å². The van der Waals surface area contributed by atoms with Crippen LogP contribution in [0.25, 0.3) is 5.70 Å². The highest BCUT2D eigenvalue weighted by molar-refractivity contribution is 5.64. The molecule has 0 saturated carbocycles. The van der Waals surface area contributed by atoms with Gasteiger partial charge < -0.3 is 10.6 Å². The predicted octanol–water partition coefficient (Wildman–Crippen LogP) is 2.94. The SMILES string of the molecule is C.C=C(NC1CCNCC1)c1ccccc1C. The zero-order valence-corrected chi connectivity index (χ0v) is 9.92. The van der Waals surface area contributed by atoms with Crippen molar-refractivity contribution in [3.8, 4) is 0 Å². The molecule has 1 aromatic carbocycles. The van der Waals surface area contributed by atoms with E-state index in [2.05, 4.69) is 48.4 Å². The van der Waals surface area contributed by atoms with Crippen molar-refractivity contribution in [1.82, 2.24) is 10.6 Å². The van der Waals surface area contributed by atoms with E-state index in [1.165, 1.54) is 24.0 Å². The zero-order chi connectivity index (χ0) is 11.4. The molecular formula is C15H24N2. The van der Waals surface area contributed by atoms with Crippen molar-refractivity contribution >= 4 is 5.70 Å². The number of benzene rings is 1. The summed E-state index contributed by atoms with van der Waals surface area (Å²) in [5, 5.41) is 6.91. The second-order valence-corrected chi connectivity index (χ2v) is 4.46. The average Bonchev–Trinajstić information content (AvgIpc) is 2.31. The minimum Gasteiger partial charge on any atom is -0.382 e. The summed E-state index contributed by atoms with van der Waals surface area (Å²) in [6.45, 7) is 8.50. The van der Waals surface area contributed by atoms with E-state index in [9.17, 15) is 0 Å². The maximum absolute atomic E-state index is 4.15. The molecule has 2 heteroatoms. The lowest BCUT2D eigenvalue weighted by Crippen LogP contribution is -2.39. The molecule has 17 heavy (non-hydrogen) atoms. The molecule has 0 aromatic heterocycles. The Hall–Kier alpha value is -1.28. The lowest BCUT2D eigenvalue weighted by molar-refractivity contribution is 0.425. The van der Waals surface area contributed by atoms with Gasteiger partial charge in [0, 0.05) is 11.7 Å². The first-order valence-electron chi connectivity index (χ1n) is 5.99. The molecule has 2 nitrogen and oxygen atoms in total. The number of nitrogens with one attached hydrogen (secondary N) is 2. The van der Waals surface area contributed by atoms with E-state index in [1.807, 2.05) is 0 Å². The van der Waals surface area contributed by atoms with Crippen LogP contribution in [0.15, 0.2) is 30.8 Å². The van der Waals surface area contributed by atoms with Gasteiger partial charge in [-0.1, -0.05) is 38.3 Å². The molecule has 1 aliphatic rings. The van der Waals surface area contributed by atoms with Crippen LogP contribution in [0.3, 0.4) is 0 Å². The summed E-state index contributed by atoms with van der Waals surface area (Å²) in [6.07, 6.45) is 2.37. The van der Waals surface area contributed by atoms with Crippen LogP contribution < -0.4 is 10.6 Å². The molecule has 1 aliphatic heterocycles. The van der Waals surface area contributed by atoms with Crippen LogP contribution in [0.4, 0.5) is 0 Å². The van der Waals surface area contributed by atoms with Crippen molar-refractivity contribution in [2.45, 2.75) is 33.2 Å². The highest BCUT2D eigenvalue weighted by Gasteiger charge is 2.13. The van der Waals surface area contributed by atoms with E-state index in [4.69, 9.17) is 0 Å². The lowest BCUT2D eigenvalue weighted by Gasteiger charge is -2.26. The molecule has 0 aliphatic carbocycles. The third-order valence-corrected chi connectivity index (χ3v) is 3.19. The molecule has 1 fully saturated rings. The highest BCUT2D eigenvalue weighted by atomic mass is 15.0. The molecule has 94 valence electrons. The third-order valence-electron chi connectivity index (χ3n) is 3.19. The first kappa shape index (κ1) is 13.8. The van der Waals surface area contributed by atoms with E-state index in [1.54, 1.807) is 0 Å². The number of aryl methyl sites for hydroxylation is 1. The van der Waals surface area contributed by atoms with Crippen LogP contribution in [-0.2, 0) is 0 Å². The zero-order valence-electron chi connectivity index (χ0n) is 9.92. The van der Waals surface area contributed by atoms with Gasteiger partial charge in [0.2, 0.25) is 0 Å². The number of hydrogen-bond acceptors (Lipinski definition) is 2. The molecular weight excluding hydrogens is 208 g/mol. The molecule has 2 rings (SSSR count). The van der Waals surface area contributed by atoms with Gasteiger partial charge in [0.15, 0.2) is 0 Å². The Morgan fingerprint density at radius 2 is 1.94 bits per heavy atom. The van der Waals surface area contributed by atoms with Gasteiger partial charge in [-0.2, -0.15) is 0 Å². The predicted molar refractivity (Wildman–Crippen MR) is 76.0 cm³/mol.